The SMILES string of the molecule is Brc1cccc(C2CCCS2)c1. The molecule has 1 fully saturated rings. The van der Waals surface area contributed by atoms with Gasteiger partial charge in [0.25, 0.3) is 0 Å². The molecule has 1 aliphatic heterocycles. The summed E-state index contributed by atoms with van der Waals surface area (Å²) in [4.78, 5) is 0. The van der Waals surface area contributed by atoms with Gasteiger partial charge in [0, 0.05) is 9.72 Å². The molecule has 1 aliphatic rings. The maximum atomic E-state index is 3.50. The van der Waals surface area contributed by atoms with Crippen LogP contribution in [0.3, 0.4) is 0 Å². The summed E-state index contributed by atoms with van der Waals surface area (Å²) in [5.74, 6) is 1.33. The minimum atomic E-state index is 0.752. The van der Waals surface area contributed by atoms with E-state index in [1.807, 2.05) is 0 Å². The van der Waals surface area contributed by atoms with Gasteiger partial charge in [0.15, 0.2) is 0 Å². The minimum absolute atomic E-state index is 0.752. The molecule has 2 rings (SSSR count). The number of rotatable bonds is 1. The number of halogens is 1. The zero-order valence-corrected chi connectivity index (χ0v) is 9.20. The van der Waals surface area contributed by atoms with Crippen molar-refractivity contribution < 1.29 is 0 Å². The first-order valence-corrected chi connectivity index (χ1v) is 6.07. The highest BCUT2D eigenvalue weighted by Crippen LogP contribution is 2.40. The molecule has 0 aromatic heterocycles. The first-order chi connectivity index (χ1) is 5.86. The fourth-order valence-corrected chi connectivity index (χ4v) is 3.25. The van der Waals surface area contributed by atoms with Gasteiger partial charge in [-0.3, -0.25) is 0 Å². The van der Waals surface area contributed by atoms with Gasteiger partial charge in [0.1, 0.15) is 0 Å². The van der Waals surface area contributed by atoms with Crippen LogP contribution >= 0.6 is 27.7 Å². The topological polar surface area (TPSA) is 0 Å². The van der Waals surface area contributed by atoms with E-state index in [1.165, 1.54) is 28.6 Å². The summed E-state index contributed by atoms with van der Waals surface area (Å²) in [6.45, 7) is 0. The minimum Gasteiger partial charge on any atom is -0.154 e. The standard InChI is InChI=1S/C10H11BrS/c11-9-4-1-3-8(7-9)10-5-2-6-12-10/h1,3-4,7,10H,2,5-6H2. The van der Waals surface area contributed by atoms with Gasteiger partial charge in [-0.1, -0.05) is 28.1 Å². The van der Waals surface area contributed by atoms with E-state index in [-0.39, 0.29) is 0 Å². The molecule has 1 atom stereocenters. The molecule has 1 aromatic rings. The van der Waals surface area contributed by atoms with Crippen LogP contribution in [0.25, 0.3) is 0 Å². The third kappa shape index (κ3) is 1.86. The van der Waals surface area contributed by atoms with Crippen LogP contribution < -0.4 is 0 Å². The fourth-order valence-electron chi connectivity index (χ4n) is 1.55. The van der Waals surface area contributed by atoms with E-state index in [0.717, 1.165) is 5.25 Å². The van der Waals surface area contributed by atoms with Crippen molar-refractivity contribution in [2.75, 3.05) is 5.75 Å². The molecule has 1 heterocycles. The van der Waals surface area contributed by atoms with Crippen LogP contribution in [0.2, 0.25) is 0 Å². The van der Waals surface area contributed by atoms with Gasteiger partial charge >= 0.3 is 0 Å². The van der Waals surface area contributed by atoms with Crippen molar-refractivity contribution in [2.45, 2.75) is 18.1 Å². The third-order valence-electron chi connectivity index (χ3n) is 2.15. The van der Waals surface area contributed by atoms with Gasteiger partial charge in [0.05, 0.1) is 0 Å². The Hall–Kier alpha value is 0.0500. The van der Waals surface area contributed by atoms with E-state index >= 15 is 0 Å². The zero-order valence-electron chi connectivity index (χ0n) is 6.79. The molecule has 0 nitrogen and oxygen atoms in total. The summed E-state index contributed by atoms with van der Waals surface area (Å²) in [6.07, 6.45) is 2.73. The van der Waals surface area contributed by atoms with Crippen molar-refractivity contribution in [3.63, 3.8) is 0 Å². The monoisotopic (exact) mass is 242 g/mol. The maximum Gasteiger partial charge on any atom is 0.0297 e. The fraction of sp³-hybridized carbons (Fsp3) is 0.400. The van der Waals surface area contributed by atoms with E-state index in [0.29, 0.717) is 0 Å². The largest absolute Gasteiger partial charge is 0.154 e. The molecule has 1 saturated heterocycles. The second-order valence-electron chi connectivity index (χ2n) is 3.06. The van der Waals surface area contributed by atoms with Gasteiger partial charge in [-0.2, -0.15) is 11.8 Å². The van der Waals surface area contributed by atoms with E-state index in [4.69, 9.17) is 0 Å². The third-order valence-corrected chi connectivity index (χ3v) is 4.08. The Balaban J connectivity index is 2.21. The Morgan fingerprint density at radius 2 is 2.33 bits per heavy atom. The number of hydrogen-bond acceptors (Lipinski definition) is 1. The first-order valence-electron chi connectivity index (χ1n) is 4.23. The van der Waals surface area contributed by atoms with E-state index in [1.54, 1.807) is 0 Å². The van der Waals surface area contributed by atoms with Crippen LogP contribution in [0.1, 0.15) is 23.7 Å². The average molecular weight is 243 g/mol. The van der Waals surface area contributed by atoms with E-state index in [9.17, 15) is 0 Å². The van der Waals surface area contributed by atoms with Gasteiger partial charge in [0.2, 0.25) is 0 Å². The van der Waals surface area contributed by atoms with Crippen molar-refractivity contribution in [1.29, 1.82) is 0 Å². The zero-order chi connectivity index (χ0) is 8.39. The number of thioether (sulfide) groups is 1. The normalized spacial score (nSPS) is 22.9. The molecule has 1 aromatic carbocycles. The van der Waals surface area contributed by atoms with Crippen molar-refractivity contribution >= 4 is 27.7 Å². The molecule has 0 aliphatic carbocycles. The second kappa shape index (κ2) is 3.84. The van der Waals surface area contributed by atoms with Gasteiger partial charge in [-0.15, -0.1) is 0 Å². The van der Waals surface area contributed by atoms with Crippen LogP contribution in [0.15, 0.2) is 28.7 Å². The van der Waals surface area contributed by atoms with E-state index in [2.05, 4.69) is 52.0 Å². The number of benzene rings is 1. The second-order valence-corrected chi connectivity index (χ2v) is 5.28. The summed E-state index contributed by atoms with van der Waals surface area (Å²) in [7, 11) is 0. The molecule has 0 spiro atoms. The molecule has 12 heavy (non-hydrogen) atoms. The van der Waals surface area contributed by atoms with Crippen LogP contribution in [0, 0.1) is 0 Å². The Labute approximate surface area is 85.9 Å². The number of hydrogen-bond donors (Lipinski definition) is 0. The Kier molecular flexibility index (Phi) is 2.76. The molecule has 0 radical (unpaired) electrons. The molecule has 0 N–H and O–H groups in total. The smallest absolute Gasteiger partial charge is 0.0297 e. The predicted octanol–water partition coefficient (Wildman–Crippen LogP) is 4.02. The van der Waals surface area contributed by atoms with Crippen molar-refractivity contribution in [2.24, 2.45) is 0 Å². The Morgan fingerprint density at radius 3 is 3.00 bits per heavy atom. The molecular weight excluding hydrogens is 232 g/mol. The van der Waals surface area contributed by atoms with Crippen LogP contribution in [0.5, 0.6) is 0 Å². The average Bonchev–Trinajstić information content (AvgIpc) is 2.56. The molecule has 0 amide bonds. The Bertz CT molecular complexity index is 266. The van der Waals surface area contributed by atoms with Crippen LogP contribution in [0.4, 0.5) is 0 Å². The molecule has 1 unspecified atom stereocenters. The predicted molar refractivity (Wildman–Crippen MR) is 58.6 cm³/mol. The molecule has 2 heteroatoms. The van der Waals surface area contributed by atoms with Crippen LogP contribution in [-0.4, -0.2) is 5.75 Å². The summed E-state index contributed by atoms with van der Waals surface area (Å²) in [5, 5.41) is 0.752. The summed E-state index contributed by atoms with van der Waals surface area (Å²) >= 11 is 5.58. The highest BCUT2D eigenvalue weighted by Gasteiger charge is 2.17. The quantitative estimate of drug-likeness (QED) is 0.717. The molecule has 0 bridgehead atoms. The lowest BCUT2D eigenvalue weighted by atomic mass is 10.1. The lowest BCUT2D eigenvalue weighted by Gasteiger charge is -2.08. The maximum absolute atomic E-state index is 3.50. The first kappa shape index (κ1) is 8.64. The molecule has 64 valence electrons. The summed E-state index contributed by atoms with van der Waals surface area (Å²) < 4.78 is 1.20. The summed E-state index contributed by atoms with van der Waals surface area (Å²) in [6, 6.07) is 8.68. The molecule has 0 saturated carbocycles. The van der Waals surface area contributed by atoms with Gasteiger partial charge in [-0.25, -0.2) is 0 Å². The Morgan fingerprint density at radius 1 is 1.42 bits per heavy atom. The van der Waals surface area contributed by atoms with Gasteiger partial charge in [-0.05, 0) is 36.3 Å². The van der Waals surface area contributed by atoms with Crippen molar-refractivity contribution in [3.8, 4) is 0 Å². The van der Waals surface area contributed by atoms with E-state index < -0.39 is 0 Å². The van der Waals surface area contributed by atoms with Crippen molar-refractivity contribution in [3.05, 3.63) is 34.3 Å². The van der Waals surface area contributed by atoms with Gasteiger partial charge < -0.3 is 0 Å². The molecular formula is C10H11BrS. The lowest BCUT2D eigenvalue weighted by molar-refractivity contribution is 0.829. The highest BCUT2D eigenvalue weighted by molar-refractivity contribution is 9.10. The summed E-state index contributed by atoms with van der Waals surface area (Å²) in [5.41, 5.74) is 1.48. The lowest BCUT2D eigenvalue weighted by Crippen LogP contribution is -1.86. The van der Waals surface area contributed by atoms with Crippen LogP contribution in [-0.2, 0) is 0 Å². The van der Waals surface area contributed by atoms with Crippen molar-refractivity contribution in [1.82, 2.24) is 0 Å². The highest BCUT2D eigenvalue weighted by atomic mass is 79.9.